The molecule has 0 fully saturated rings. The molecule has 2 aliphatic heterocycles. The first-order valence-corrected chi connectivity index (χ1v) is 9.68. The molecule has 23 heavy (non-hydrogen) atoms. The minimum absolute atomic E-state index is 0.0744. The lowest BCUT2D eigenvalue weighted by Gasteiger charge is -2.30. The largest absolute Gasteiger partial charge is 0.352 e. The molecule has 2 aromatic rings. The summed E-state index contributed by atoms with van der Waals surface area (Å²) in [5, 5.41) is 7.70. The maximum absolute atomic E-state index is 12.7. The van der Waals surface area contributed by atoms with Crippen LogP contribution in [0.2, 0.25) is 0 Å². The van der Waals surface area contributed by atoms with E-state index < -0.39 is 0 Å². The van der Waals surface area contributed by atoms with E-state index in [0.29, 0.717) is 6.04 Å². The van der Waals surface area contributed by atoms with E-state index in [1.807, 2.05) is 0 Å². The van der Waals surface area contributed by atoms with E-state index in [4.69, 9.17) is 0 Å². The smallest absolute Gasteiger partial charge is 0.256 e. The fourth-order valence-corrected chi connectivity index (χ4v) is 5.51. The maximum atomic E-state index is 12.7. The molecule has 2 N–H and O–H groups in total. The molecule has 6 heteroatoms. The SMILES string of the molecule is Cc1ccc(C2NC(=O)c3c(sc4c3CCN(C(C)C)C4)N2)s1. The Labute approximate surface area is 144 Å². The lowest BCUT2D eigenvalue weighted by Crippen LogP contribution is -2.39. The highest BCUT2D eigenvalue weighted by molar-refractivity contribution is 7.17. The Bertz CT molecular complexity index is 762. The molecule has 1 amide bonds. The van der Waals surface area contributed by atoms with Gasteiger partial charge in [-0.2, -0.15) is 0 Å². The highest BCUT2D eigenvalue weighted by atomic mass is 32.1. The molecule has 0 spiro atoms. The van der Waals surface area contributed by atoms with E-state index in [-0.39, 0.29) is 12.1 Å². The van der Waals surface area contributed by atoms with Crippen LogP contribution >= 0.6 is 22.7 Å². The number of nitrogens with one attached hydrogen (secondary N) is 2. The summed E-state index contributed by atoms with van der Waals surface area (Å²) in [6.07, 6.45) is 0.868. The van der Waals surface area contributed by atoms with Crippen LogP contribution in [0.5, 0.6) is 0 Å². The van der Waals surface area contributed by atoms with Crippen molar-refractivity contribution in [1.29, 1.82) is 0 Å². The average Bonchev–Trinajstić information content (AvgIpc) is 3.09. The first-order valence-electron chi connectivity index (χ1n) is 8.05. The van der Waals surface area contributed by atoms with Gasteiger partial charge in [-0.05, 0) is 44.9 Å². The molecule has 4 nitrogen and oxygen atoms in total. The van der Waals surface area contributed by atoms with Crippen LogP contribution in [0.3, 0.4) is 0 Å². The summed E-state index contributed by atoms with van der Waals surface area (Å²) >= 11 is 3.49. The van der Waals surface area contributed by atoms with Crippen LogP contribution in [0, 0.1) is 6.92 Å². The van der Waals surface area contributed by atoms with E-state index in [2.05, 4.69) is 48.4 Å². The summed E-state index contributed by atoms with van der Waals surface area (Å²) < 4.78 is 0. The van der Waals surface area contributed by atoms with Crippen LogP contribution in [0.1, 0.15) is 50.6 Å². The number of carbonyl (C=O) groups is 1. The van der Waals surface area contributed by atoms with Crippen molar-refractivity contribution in [2.45, 2.75) is 45.9 Å². The summed E-state index contributed by atoms with van der Waals surface area (Å²) in [5.74, 6) is 0.0744. The van der Waals surface area contributed by atoms with Gasteiger partial charge in [0.05, 0.1) is 5.56 Å². The third-order valence-corrected chi connectivity index (χ3v) is 6.85. The number of fused-ring (bicyclic) bond motifs is 3. The second kappa shape index (κ2) is 5.61. The van der Waals surface area contributed by atoms with E-state index in [1.54, 1.807) is 22.7 Å². The Morgan fingerprint density at radius 1 is 1.26 bits per heavy atom. The summed E-state index contributed by atoms with van der Waals surface area (Å²) in [5.41, 5.74) is 2.14. The Kier molecular flexibility index (Phi) is 3.70. The average molecular weight is 348 g/mol. The Morgan fingerprint density at radius 2 is 2.09 bits per heavy atom. The zero-order valence-corrected chi connectivity index (χ0v) is 15.2. The van der Waals surface area contributed by atoms with Gasteiger partial charge in [-0.25, -0.2) is 0 Å². The first-order chi connectivity index (χ1) is 11.0. The molecule has 122 valence electrons. The molecule has 0 bridgehead atoms. The van der Waals surface area contributed by atoms with Gasteiger partial charge in [0, 0.05) is 33.8 Å². The number of anilines is 1. The molecule has 2 aromatic heterocycles. The van der Waals surface area contributed by atoms with Crippen molar-refractivity contribution < 1.29 is 4.79 Å². The predicted octanol–water partition coefficient (Wildman–Crippen LogP) is 3.74. The van der Waals surface area contributed by atoms with Gasteiger partial charge in [0.2, 0.25) is 0 Å². The minimum Gasteiger partial charge on any atom is -0.352 e. The van der Waals surface area contributed by atoms with Crippen molar-refractivity contribution in [2.75, 3.05) is 11.9 Å². The molecular weight excluding hydrogens is 326 g/mol. The van der Waals surface area contributed by atoms with Gasteiger partial charge in [0.25, 0.3) is 5.91 Å². The molecule has 1 unspecified atom stereocenters. The molecule has 1 atom stereocenters. The van der Waals surface area contributed by atoms with Gasteiger partial charge in [-0.1, -0.05) is 0 Å². The number of hydrogen-bond donors (Lipinski definition) is 2. The number of aryl methyl sites for hydroxylation is 1. The molecule has 0 saturated heterocycles. The van der Waals surface area contributed by atoms with Gasteiger partial charge < -0.3 is 10.6 Å². The van der Waals surface area contributed by atoms with Crippen LogP contribution in [-0.4, -0.2) is 23.4 Å². The van der Waals surface area contributed by atoms with Gasteiger partial charge in [-0.3, -0.25) is 9.69 Å². The Hall–Kier alpha value is -1.37. The van der Waals surface area contributed by atoms with Gasteiger partial charge in [-0.15, -0.1) is 22.7 Å². The second-order valence-corrected chi connectivity index (χ2v) is 8.95. The van der Waals surface area contributed by atoms with Crippen LogP contribution in [-0.2, 0) is 13.0 Å². The van der Waals surface area contributed by atoms with E-state index >= 15 is 0 Å². The second-order valence-electron chi connectivity index (χ2n) is 6.52. The number of thiophene rings is 2. The van der Waals surface area contributed by atoms with Crippen LogP contribution in [0.15, 0.2) is 12.1 Å². The third-order valence-electron chi connectivity index (χ3n) is 4.64. The maximum Gasteiger partial charge on any atom is 0.256 e. The molecule has 4 heterocycles. The Morgan fingerprint density at radius 3 is 2.78 bits per heavy atom. The zero-order chi connectivity index (χ0) is 16.1. The van der Waals surface area contributed by atoms with Gasteiger partial charge in [0.15, 0.2) is 0 Å². The van der Waals surface area contributed by atoms with Crippen LogP contribution in [0.4, 0.5) is 5.00 Å². The number of amides is 1. The van der Waals surface area contributed by atoms with E-state index in [9.17, 15) is 4.79 Å². The molecule has 0 radical (unpaired) electrons. The third kappa shape index (κ3) is 2.58. The van der Waals surface area contributed by atoms with E-state index in [0.717, 1.165) is 35.0 Å². The van der Waals surface area contributed by atoms with Crippen LogP contribution < -0.4 is 10.6 Å². The lowest BCUT2D eigenvalue weighted by molar-refractivity contribution is 0.0935. The highest BCUT2D eigenvalue weighted by Crippen LogP contribution is 2.41. The van der Waals surface area contributed by atoms with Crippen LogP contribution in [0.25, 0.3) is 0 Å². The van der Waals surface area contributed by atoms with Crippen molar-refractivity contribution in [3.8, 4) is 0 Å². The number of hydrogen-bond acceptors (Lipinski definition) is 5. The molecule has 0 aromatic carbocycles. The predicted molar refractivity (Wildman–Crippen MR) is 96.5 cm³/mol. The lowest BCUT2D eigenvalue weighted by atomic mass is 10.0. The molecule has 4 rings (SSSR count). The summed E-state index contributed by atoms with van der Waals surface area (Å²) in [6, 6.07) is 4.74. The highest BCUT2D eigenvalue weighted by Gasteiger charge is 2.33. The summed E-state index contributed by atoms with van der Waals surface area (Å²) in [6.45, 7) is 8.56. The van der Waals surface area contributed by atoms with Crippen molar-refractivity contribution in [2.24, 2.45) is 0 Å². The summed E-state index contributed by atoms with van der Waals surface area (Å²) in [4.78, 5) is 18.9. The number of rotatable bonds is 2. The van der Waals surface area contributed by atoms with Gasteiger partial charge in [0.1, 0.15) is 11.2 Å². The quantitative estimate of drug-likeness (QED) is 0.870. The monoisotopic (exact) mass is 347 g/mol. The Balaban J connectivity index is 1.66. The fraction of sp³-hybridized carbons (Fsp3) is 0.471. The minimum atomic E-state index is -0.102. The topological polar surface area (TPSA) is 44.4 Å². The molecule has 0 aliphatic carbocycles. The molecular formula is C17H21N3OS2. The number of carbonyl (C=O) groups excluding carboxylic acids is 1. The summed E-state index contributed by atoms with van der Waals surface area (Å²) in [7, 11) is 0. The van der Waals surface area contributed by atoms with Crippen molar-refractivity contribution in [3.63, 3.8) is 0 Å². The fourth-order valence-electron chi connectivity index (χ4n) is 3.33. The van der Waals surface area contributed by atoms with Crippen molar-refractivity contribution in [1.82, 2.24) is 10.2 Å². The van der Waals surface area contributed by atoms with Crippen molar-refractivity contribution >= 4 is 33.6 Å². The van der Waals surface area contributed by atoms with Crippen molar-refractivity contribution in [3.05, 3.63) is 37.9 Å². The molecule has 0 saturated carbocycles. The van der Waals surface area contributed by atoms with Gasteiger partial charge >= 0.3 is 0 Å². The molecule has 2 aliphatic rings. The zero-order valence-electron chi connectivity index (χ0n) is 13.6. The number of nitrogens with zero attached hydrogens (tertiary/aromatic N) is 1. The first kappa shape index (κ1) is 15.2. The standard InChI is InChI=1S/C17H21N3OS2/c1-9(2)20-7-6-11-13(8-20)23-17-14(11)16(21)18-15(19-17)12-5-4-10(3)22-12/h4-5,9,15,19H,6-8H2,1-3H3,(H,18,21). The normalized spacial score (nSPS) is 20.9. The van der Waals surface area contributed by atoms with E-state index in [1.165, 1.54) is 15.3 Å².